The summed E-state index contributed by atoms with van der Waals surface area (Å²) in [4.78, 5) is 6.55. The highest BCUT2D eigenvalue weighted by Gasteiger charge is 2.21. The molecule has 0 radical (unpaired) electrons. The van der Waals surface area contributed by atoms with E-state index >= 15 is 0 Å². The van der Waals surface area contributed by atoms with Crippen LogP contribution >= 0.6 is 0 Å². The van der Waals surface area contributed by atoms with E-state index in [0.717, 1.165) is 44.0 Å². The monoisotopic (exact) mass is 329 g/mol. The molecule has 0 bridgehead atoms. The molecule has 0 spiro atoms. The Morgan fingerprint density at radius 3 is 2.62 bits per heavy atom. The molecule has 1 N–H and O–H groups in total. The number of aromatic nitrogens is 3. The van der Waals surface area contributed by atoms with Gasteiger partial charge in [-0.15, -0.1) is 0 Å². The second-order valence-corrected chi connectivity index (χ2v) is 6.61. The van der Waals surface area contributed by atoms with Crippen LogP contribution in [0.5, 0.6) is 0 Å². The summed E-state index contributed by atoms with van der Waals surface area (Å²) >= 11 is 0. The van der Waals surface area contributed by atoms with Crippen LogP contribution in [-0.4, -0.2) is 58.1 Å². The number of morpholine rings is 1. The van der Waals surface area contributed by atoms with E-state index in [1.54, 1.807) is 0 Å². The van der Waals surface area contributed by atoms with E-state index in [1.807, 2.05) is 36.3 Å². The second-order valence-electron chi connectivity index (χ2n) is 6.61. The van der Waals surface area contributed by atoms with E-state index in [1.165, 1.54) is 5.56 Å². The van der Waals surface area contributed by atoms with Crippen molar-refractivity contribution in [3.8, 4) is 11.3 Å². The minimum absolute atomic E-state index is 0.324. The first-order chi connectivity index (χ1) is 11.6. The fourth-order valence-corrected chi connectivity index (χ4v) is 3.35. The SMILES string of the molecule is C[C@H]1CN(CCNCc2cn(C)nc2-c2ccncc2)C[C@H](C)O1. The molecule has 0 unspecified atom stereocenters. The molecular formula is C18H27N5O. The highest BCUT2D eigenvalue weighted by molar-refractivity contribution is 5.61. The van der Waals surface area contributed by atoms with Crippen molar-refractivity contribution in [1.29, 1.82) is 0 Å². The van der Waals surface area contributed by atoms with Crippen LogP contribution in [0.15, 0.2) is 30.7 Å². The first-order valence-electron chi connectivity index (χ1n) is 8.63. The molecule has 2 atom stereocenters. The Bertz CT molecular complexity index is 632. The summed E-state index contributed by atoms with van der Waals surface area (Å²) in [7, 11) is 1.96. The van der Waals surface area contributed by atoms with Gasteiger partial charge in [0.25, 0.3) is 0 Å². The number of nitrogens with one attached hydrogen (secondary N) is 1. The fraction of sp³-hybridized carbons (Fsp3) is 0.556. The van der Waals surface area contributed by atoms with E-state index in [0.29, 0.717) is 12.2 Å². The molecule has 130 valence electrons. The smallest absolute Gasteiger partial charge is 0.0969 e. The Labute approximate surface area is 143 Å². The molecule has 1 aliphatic rings. The molecule has 0 amide bonds. The Morgan fingerprint density at radius 1 is 1.21 bits per heavy atom. The maximum absolute atomic E-state index is 5.78. The Kier molecular flexibility index (Phi) is 5.60. The summed E-state index contributed by atoms with van der Waals surface area (Å²) in [5.74, 6) is 0. The van der Waals surface area contributed by atoms with Crippen LogP contribution in [0, 0.1) is 0 Å². The van der Waals surface area contributed by atoms with Gasteiger partial charge in [0.05, 0.1) is 17.9 Å². The lowest BCUT2D eigenvalue weighted by atomic mass is 10.1. The molecule has 1 saturated heterocycles. The van der Waals surface area contributed by atoms with Gasteiger partial charge in [-0.3, -0.25) is 14.6 Å². The number of ether oxygens (including phenoxy) is 1. The van der Waals surface area contributed by atoms with Gasteiger partial charge >= 0.3 is 0 Å². The Balaban J connectivity index is 1.52. The van der Waals surface area contributed by atoms with Crippen LogP contribution in [0.1, 0.15) is 19.4 Å². The van der Waals surface area contributed by atoms with E-state index in [-0.39, 0.29) is 0 Å². The number of hydrogen-bond acceptors (Lipinski definition) is 5. The van der Waals surface area contributed by atoms with Gasteiger partial charge in [-0.25, -0.2) is 0 Å². The van der Waals surface area contributed by atoms with E-state index in [4.69, 9.17) is 4.74 Å². The van der Waals surface area contributed by atoms with Gasteiger partial charge in [-0.2, -0.15) is 5.10 Å². The van der Waals surface area contributed by atoms with Crippen molar-refractivity contribution >= 4 is 0 Å². The van der Waals surface area contributed by atoms with Crippen molar-refractivity contribution in [2.75, 3.05) is 26.2 Å². The van der Waals surface area contributed by atoms with Crippen LogP contribution in [0.3, 0.4) is 0 Å². The predicted octanol–water partition coefficient (Wildman–Crippen LogP) is 1.68. The quantitative estimate of drug-likeness (QED) is 0.817. The molecule has 0 aliphatic carbocycles. The molecular weight excluding hydrogens is 302 g/mol. The second kappa shape index (κ2) is 7.88. The van der Waals surface area contributed by atoms with Gasteiger partial charge < -0.3 is 10.1 Å². The molecule has 2 aromatic rings. The average Bonchev–Trinajstić information content (AvgIpc) is 2.92. The minimum atomic E-state index is 0.324. The molecule has 6 heteroatoms. The maximum atomic E-state index is 5.78. The third-order valence-corrected chi connectivity index (χ3v) is 4.27. The molecule has 3 heterocycles. The van der Waals surface area contributed by atoms with Gasteiger partial charge in [-0.1, -0.05) is 0 Å². The molecule has 6 nitrogen and oxygen atoms in total. The number of rotatable bonds is 6. The molecule has 1 aliphatic heterocycles. The van der Waals surface area contributed by atoms with Crippen molar-refractivity contribution in [3.63, 3.8) is 0 Å². The topological polar surface area (TPSA) is 55.2 Å². The summed E-state index contributed by atoms with van der Waals surface area (Å²) in [5, 5.41) is 8.14. The zero-order valence-corrected chi connectivity index (χ0v) is 14.8. The largest absolute Gasteiger partial charge is 0.373 e. The van der Waals surface area contributed by atoms with Crippen molar-refractivity contribution < 1.29 is 4.74 Å². The first-order valence-corrected chi connectivity index (χ1v) is 8.63. The van der Waals surface area contributed by atoms with Gasteiger partial charge in [-0.05, 0) is 26.0 Å². The summed E-state index contributed by atoms with van der Waals surface area (Å²) in [5.41, 5.74) is 3.35. The van der Waals surface area contributed by atoms with Crippen LogP contribution < -0.4 is 5.32 Å². The van der Waals surface area contributed by atoms with Gasteiger partial charge in [0, 0.05) is 69.5 Å². The summed E-state index contributed by atoms with van der Waals surface area (Å²) in [6, 6.07) is 4.00. The molecule has 0 saturated carbocycles. The number of pyridine rings is 1. The normalized spacial score (nSPS) is 22.0. The van der Waals surface area contributed by atoms with Crippen LogP contribution in [-0.2, 0) is 18.3 Å². The molecule has 24 heavy (non-hydrogen) atoms. The maximum Gasteiger partial charge on any atom is 0.0969 e. The predicted molar refractivity (Wildman–Crippen MR) is 94.6 cm³/mol. The standard InChI is InChI=1S/C18H27N5O/c1-14-11-23(12-15(2)24-14)9-8-20-10-17-13-22(3)21-18(17)16-4-6-19-7-5-16/h4-7,13-15,20H,8-12H2,1-3H3/t14-,15-/m0/s1. The Morgan fingerprint density at radius 2 is 1.92 bits per heavy atom. The summed E-state index contributed by atoms with van der Waals surface area (Å²) in [6.07, 6.45) is 6.35. The van der Waals surface area contributed by atoms with Crippen molar-refractivity contribution in [3.05, 3.63) is 36.3 Å². The minimum Gasteiger partial charge on any atom is -0.373 e. The average molecular weight is 329 g/mol. The van der Waals surface area contributed by atoms with Crippen LogP contribution in [0.4, 0.5) is 0 Å². The number of aryl methyl sites for hydroxylation is 1. The lowest BCUT2D eigenvalue weighted by Gasteiger charge is -2.35. The molecule has 0 aromatic carbocycles. The number of hydrogen-bond donors (Lipinski definition) is 1. The van der Waals surface area contributed by atoms with Gasteiger partial charge in [0.2, 0.25) is 0 Å². The third-order valence-electron chi connectivity index (χ3n) is 4.27. The Hall–Kier alpha value is -1.76. The van der Waals surface area contributed by atoms with Gasteiger partial charge in [0.1, 0.15) is 0 Å². The highest BCUT2D eigenvalue weighted by Crippen LogP contribution is 2.20. The summed E-state index contributed by atoms with van der Waals surface area (Å²) < 4.78 is 7.65. The van der Waals surface area contributed by atoms with Crippen molar-refractivity contribution in [2.24, 2.45) is 7.05 Å². The van der Waals surface area contributed by atoms with Crippen molar-refractivity contribution in [2.45, 2.75) is 32.6 Å². The van der Waals surface area contributed by atoms with Gasteiger partial charge in [0.15, 0.2) is 0 Å². The van der Waals surface area contributed by atoms with Crippen molar-refractivity contribution in [1.82, 2.24) is 25.0 Å². The molecule has 3 rings (SSSR count). The van der Waals surface area contributed by atoms with Crippen LogP contribution in [0.25, 0.3) is 11.3 Å². The summed E-state index contributed by atoms with van der Waals surface area (Å²) in [6.45, 7) is 9.15. The zero-order valence-electron chi connectivity index (χ0n) is 14.8. The van der Waals surface area contributed by atoms with Crippen LogP contribution in [0.2, 0.25) is 0 Å². The lowest BCUT2D eigenvalue weighted by Crippen LogP contribution is -2.47. The first kappa shape index (κ1) is 17.1. The fourth-order valence-electron chi connectivity index (χ4n) is 3.35. The number of nitrogens with zero attached hydrogens (tertiary/aromatic N) is 4. The van der Waals surface area contributed by atoms with E-state index in [9.17, 15) is 0 Å². The van der Waals surface area contributed by atoms with E-state index in [2.05, 4.69) is 40.3 Å². The molecule has 1 fully saturated rings. The third kappa shape index (κ3) is 4.41. The zero-order chi connectivity index (χ0) is 16.9. The van der Waals surface area contributed by atoms with E-state index < -0.39 is 0 Å². The highest BCUT2D eigenvalue weighted by atomic mass is 16.5. The molecule has 2 aromatic heterocycles. The lowest BCUT2D eigenvalue weighted by molar-refractivity contribution is -0.0674.